The van der Waals surface area contributed by atoms with Crippen LogP contribution >= 0.6 is 0 Å². The van der Waals surface area contributed by atoms with Gasteiger partial charge in [0.2, 0.25) is 0 Å². The van der Waals surface area contributed by atoms with Gasteiger partial charge < -0.3 is 14.2 Å². The summed E-state index contributed by atoms with van der Waals surface area (Å²) >= 11 is 0. The Labute approximate surface area is 157 Å². The number of carbonyl (C=O) groups excluding carboxylic acids is 2. The molecule has 1 aromatic heterocycles. The molecule has 140 valence electrons. The molecule has 0 radical (unpaired) electrons. The van der Waals surface area contributed by atoms with Crippen LogP contribution in [-0.2, 0) is 4.79 Å². The minimum Gasteiger partial charge on any atom is -0.459 e. The maximum Gasteiger partial charge on any atom is 0.298 e. The fourth-order valence-corrected chi connectivity index (χ4v) is 3.66. The molecule has 0 spiro atoms. The Morgan fingerprint density at radius 2 is 1.89 bits per heavy atom. The molecule has 1 atom stereocenters. The van der Waals surface area contributed by atoms with Gasteiger partial charge in [0.15, 0.2) is 12.3 Å². The number of hydrazone groups is 1. The molecule has 1 saturated heterocycles. The minimum absolute atomic E-state index is 0.0140. The summed E-state index contributed by atoms with van der Waals surface area (Å²) in [5.74, 6) is 0.309. The van der Waals surface area contributed by atoms with Crippen LogP contribution in [0.5, 0.6) is 0 Å². The van der Waals surface area contributed by atoms with Crippen LogP contribution in [0.4, 0.5) is 0 Å². The van der Waals surface area contributed by atoms with Crippen LogP contribution in [0.2, 0.25) is 0 Å². The van der Waals surface area contributed by atoms with Crippen LogP contribution in [0, 0.1) is 0 Å². The topological polar surface area (TPSA) is 70.6 Å². The molecule has 0 unspecified atom stereocenters. The molecule has 2 aliphatic heterocycles. The van der Waals surface area contributed by atoms with Gasteiger partial charge in [0.25, 0.3) is 11.8 Å². The molecule has 27 heavy (non-hydrogen) atoms. The summed E-state index contributed by atoms with van der Waals surface area (Å²) in [5.41, 5.74) is 1.10. The quantitative estimate of drug-likeness (QED) is 0.859. The second-order valence-electron chi connectivity index (χ2n) is 6.89. The SMILES string of the molecule is O=C(c1ccco1)N1CC[NH+](CC(=O)N2N=CC[C@@H]2c2ccccc2)CC1. The van der Waals surface area contributed by atoms with E-state index in [2.05, 4.69) is 5.10 Å². The molecule has 7 nitrogen and oxygen atoms in total. The second kappa shape index (κ2) is 7.75. The Kier molecular flexibility index (Phi) is 5.02. The van der Waals surface area contributed by atoms with Gasteiger partial charge in [-0.25, -0.2) is 5.01 Å². The fraction of sp³-hybridized carbons (Fsp3) is 0.350. The molecule has 1 aromatic carbocycles. The second-order valence-corrected chi connectivity index (χ2v) is 6.89. The van der Waals surface area contributed by atoms with Crippen molar-refractivity contribution in [3.05, 3.63) is 60.1 Å². The van der Waals surface area contributed by atoms with Crippen molar-refractivity contribution in [2.45, 2.75) is 12.5 Å². The van der Waals surface area contributed by atoms with Gasteiger partial charge in [-0.05, 0) is 17.7 Å². The number of nitrogens with zero attached hydrogens (tertiary/aromatic N) is 3. The van der Waals surface area contributed by atoms with Crippen molar-refractivity contribution in [2.24, 2.45) is 5.10 Å². The molecule has 0 saturated carbocycles. The number of nitrogens with one attached hydrogen (secondary N) is 1. The van der Waals surface area contributed by atoms with E-state index in [1.165, 1.54) is 11.2 Å². The van der Waals surface area contributed by atoms with Gasteiger partial charge in [0.1, 0.15) is 0 Å². The first kappa shape index (κ1) is 17.5. The highest BCUT2D eigenvalue weighted by Gasteiger charge is 2.32. The predicted molar refractivity (Wildman–Crippen MR) is 99.3 cm³/mol. The lowest BCUT2D eigenvalue weighted by atomic mass is 10.0. The summed E-state index contributed by atoms with van der Waals surface area (Å²) in [6.07, 6.45) is 4.06. The number of carbonyl (C=O) groups is 2. The summed E-state index contributed by atoms with van der Waals surface area (Å²) in [4.78, 5) is 28.1. The first-order chi connectivity index (χ1) is 13.2. The normalized spacial score (nSPS) is 20.2. The van der Waals surface area contributed by atoms with Gasteiger partial charge in [-0.3, -0.25) is 9.59 Å². The number of furan rings is 1. The number of benzene rings is 1. The van der Waals surface area contributed by atoms with E-state index < -0.39 is 0 Å². The Bertz CT molecular complexity index is 811. The Balaban J connectivity index is 1.32. The summed E-state index contributed by atoms with van der Waals surface area (Å²) in [5, 5.41) is 5.92. The van der Waals surface area contributed by atoms with Crippen LogP contribution in [-0.4, -0.2) is 60.7 Å². The largest absolute Gasteiger partial charge is 0.459 e. The average Bonchev–Trinajstić information content (AvgIpc) is 3.41. The Hall–Kier alpha value is -2.93. The molecule has 2 aliphatic rings. The third-order valence-electron chi connectivity index (χ3n) is 5.16. The van der Waals surface area contributed by atoms with Crippen LogP contribution in [0.3, 0.4) is 0 Å². The van der Waals surface area contributed by atoms with Crippen LogP contribution < -0.4 is 4.90 Å². The van der Waals surface area contributed by atoms with E-state index >= 15 is 0 Å². The van der Waals surface area contributed by atoms with E-state index in [9.17, 15) is 9.59 Å². The molecule has 0 bridgehead atoms. The van der Waals surface area contributed by atoms with E-state index in [1.807, 2.05) is 36.5 Å². The van der Waals surface area contributed by atoms with Crippen molar-refractivity contribution in [3.8, 4) is 0 Å². The van der Waals surface area contributed by atoms with Gasteiger partial charge >= 0.3 is 0 Å². The van der Waals surface area contributed by atoms with Crippen molar-refractivity contribution in [1.82, 2.24) is 9.91 Å². The molecular formula is C20H23N4O3+. The zero-order chi connectivity index (χ0) is 18.6. The van der Waals surface area contributed by atoms with Crippen molar-refractivity contribution < 1.29 is 18.9 Å². The minimum atomic E-state index is -0.0846. The standard InChI is InChI=1S/C20H22N4O3/c25-19(24-17(8-9-21-24)16-5-2-1-3-6-16)15-22-10-12-23(13-11-22)20(26)18-7-4-14-27-18/h1-7,9,14,17H,8,10-13,15H2/p+1/t17-/m1/s1. The highest BCUT2D eigenvalue weighted by molar-refractivity contribution is 5.91. The molecule has 1 N–H and O–H groups in total. The number of rotatable bonds is 4. The third kappa shape index (κ3) is 3.78. The van der Waals surface area contributed by atoms with Crippen LogP contribution in [0.15, 0.2) is 58.2 Å². The lowest BCUT2D eigenvalue weighted by molar-refractivity contribution is -0.896. The molecule has 2 aromatic rings. The van der Waals surface area contributed by atoms with Gasteiger partial charge in [-0.2, -0.15) is 5.10 Å². The van der Waals surface area contributed by atoms with Crippen molar-refractivity contribution >= 4 is 18.0 Å². The van der Waals surface area contributed by atoms with E-state index in [0.29, 0.717) is 25.4 Å². The monoisotopic (exact) mass is 367 g/mol. The van der Waals surface area contributed by atoms with E-state index in [-0.39, 0.29) is 17.9 Å². The Morgan fingerprint density at radius 1 is 1.11 bits per heavy atom. The van der Waals surface area contributed by atoms with E-state index in [1.54, 1.807) is 22.0 Å². The van der Waals surface area contributed by atoms with Gasteiger partial charge in [0.05, 0.1) is 38.5 Å². The third-order valence-corrected chi connectivity index (χ3v) is 5.16. The van der Waals surface area contributed by atoms with Gasteiger partial charge in [-0.1, -0.05) is 30.3 Å². The molecule has 1 fully saturated rings. The molecule has 0 aliphatic carbocycles. The van der Waals surface area contributed by atoms with E-state index in [4.69, 9.17) is 4.42 Å². The van der Waals surface area contributed by atoms with Crippen molar-refractivity contribution in [1.29, 1.82) is 0 Å². The predicted octanol–water partition coefficient (Wildman–Crippen LogP) is 0.580. The fourth-order valence-electron chi connectivity index (χ4n) is 3.66. The highest BCUT2D eigenvalue weighted by Crippen LogP contribution is 2.27. The smallest absolute Gasteiger partial charge is 0.298 e. The Morgan fingerprint density at radius 3 is 2.59 bits per heavy atom. The highest BCUT2D eigenvalue weighted by atomic mass is 16.3. The molecule has 3 heterocycles. The van der Waals surface area contributed by atoms with Gasteiger partial charge in [-0.15, -0.1) is 0 Å². The average molecular weight is 367 g/mol. The molecule has 2 amide bonds. The summed E-state index contributed by atoms with van der Waals surface area (Å²) in [6.45, 7) is 3.11. The first-order valence-electron chi connectivity index (χ1n) is 9.28. The maximum atomic E-state index is 12.8. The van der Waals surface area contributed by atoms with Gasteiger partial charge in [0, 0.05) is 12.6 Å². The number of hydrogen-bond acceptors (Lipinski definition) is 4. The lowest BCUT2D eigenvalue weighted by Gasteiger charge is -2.32. The number of hydrogen-bond donors (Lipinski definition) is 1. The summed E-state index contributed by atoms with van der Waals surface area (Å²) < 4.78 is 5.19. The number of amides is 2. The molecule has 7 heteroatoms. The summed E-state index contributed by atoms with van der Waals surface area (Å²) in [7, 11) is 0. The van der Waals surface area contributed by atoms with Crippen molar-refractivity contribution in [2.75, 3.05) is 32.7 Å². The molecular weight excluding hydrogens is 344 g/mol. The number of quaternary nitrogens is 1. The zero-order valence-electron chi connectivity index (χ0n) is 15.1. The lowest BCUT2D eigenvalue weighted by Crippen LogP contribution is -3.15. The first-order valence-corrected chi connectivity index (χ1v) is 9.28. The zero-order valence-corrected chi connectivity index (χ0v) is 15.1. The molecule has 4 rings (SSSR count). The summed E-state index contributed by atoms with van der Waals surface area (Å²) in [6, 6.07) is 13.4. The van der Waals surface area contributed by atoms with Crippen LogP contribution in [0.1, 0.15) is 28.6 Å². The van der Waals surface area contributed by atoms with Crippen LogP contribution in [0.25, 0.3) is 0 Å². The van der Waals surface area contributed by atoms with E-state index in [0.717, 1.165) is 25.1 Å². The number of piperazine rings is 1. The van der Waals surface area contributed by atoms with Crippen molar-refractivity contribution in [3.63, 3.8) is 0 Å². The maximum absolute atomic E-state index is 12.8.